The molecule has 0 bridgehead atoms. The van der Waals surface area contributed by atoms with E-state index in [0.29, 0.717) is 0 Å². The summed E-state index contributed by atoms with van der Waals surface area (Å²) in [5.41, 5.74) is 0. The zero-order valence-electron chi connectivity index (χ0n) is 26.2. The first-order chi connectivity index (χ1) is 24.0. The highest BCUT2D eigenvalue weighted by Crippen LogP contribution is 2.34. The molecule has 0 aromatic carbocycles. The Balaban J connectivity index is 2.62. The van der Waals surface area contributed by atoms with E-state index < -0.39 is 163 Å². The fraction of sp³-hybridized carbons (Fsp3) is 0.731. The summed E-state index contributed by atoms with van der Waals surface area (Å²) in [6.45, 7) is -8.90. The van der Waals surface area contributed by atoms with Crippen molar-refractivity contribution in [2.45, 2.75) is 61.4 Å². The van der Waals surface area contributed by atoms with Crippen LogP contribution in [-0.2, 0) is 80.9 Å². The fourth-order valence-corrected chi connectivity index (χ4v) is 4.70. The standard InChI is InChI=1S/C26H36O25/c27-12(28)3-42-1-10-20(19(41)22(45-6-15(33)34)25(49-10)48-9-18(39)40)51-26-24(47-8-17(37)38)23(46-7-16(35)36)21(44-5-14(31)32)11(50-26)2-43-4-13(29)30/h10-11,19-26,41H,1-9H2,(H,27,28)(H,29,30)(H,31,32)(H,33,34)(H,35,36)(H,37,38)(H,39,40)/t10-,11-,19+,20-,21+,22-,23+,24-,25?,26+/m1/s1. The number of aliphatic hydroxyl groups is 1. The second-order valence-corrected chi connectivity index (χ2v) is 10.4. The number of aliphatic carboxylic acids is 7. The van der Waals surface area contributed by atoms with Crippen molar-refractivity contribution in [3.05, 3.63) is 0 Å². The molecule has 51 heavy (non-hydrogen) atoms. The lowest BCUT2D eigenvalue weighted by Crippen LogP contribution is -2.66. The summed E-state index contributed by atoms with van der Waals surface area (Å²) in [5, 5.41) is 75.5. The molecular weight excluding hydrogens is 712 g/mol. The predicted octanol–water partition coefficient (Wildman–Crippen LogP) is -4.63. The number of carbonyl (C=O) groups is 7. The van der Waals surface area contributed by atoms with Crippen LogP contribution in [0.3, 0.4) is 0 Å². The van der Waals surface area contributed by atoms with Gasteiger partial charge in [-0.05, 0) is 0 Å². The van der Waals surface area contributed by atoms with Gasteiger partial charge in [0.1, 0.15) is 95.1 Å². The molecular formula is C26H36O25. The normalized spacial score (nSPS) is 29.2. The number of carboxylic acids is 7. The van der Waals surface area contributed by atoms with Crippen LogP contribution in [-0.4, -0.2) is 204 Å². The van der Waals surface area contributed by atoms with Crippen LogP contribution in [0, 0.1) is 0 Å². The Kier molecular flexibility index (Phi) is 17.9. The molecule has 0 radical (unpaired) electrons. The van der Waals surface area contributed by atoms with Gasteiger partial charge in [0, 0.05) is 0 Å². The maximum Gasteiger partial charge on any atom is 0.329 e. The van der Waals surface area contributed by atoms with Crippen molar-refractivity contribution < 1.29 is 122 Å². The van der Waals surface area contributed by atoms with Gasteiger partial charge in [0.05, 0.1) is 13.2 Å². The van der Waals surface area contributed by atoms with Crippen molar-refractivity contribution in [1.29, 1.82) is 0 Å². The molecule has 2 rings (SSSR count). The first kappa shape index (κ1) is 43.0. The number of rotatable bonds is 25. The van der Waals surface area contributed by atoms with E-state index in [1.807, 2.05) is 0 Å². The molecule has 2 aliphatic heterocycles. The molecule has 0 amide bonds. The lowest BCUT2D eigenvalue weighted by Gasteiger charge is -2.49. The van der Waals surface area contributed by atoms with Crippen LogP contribution in [0.1, 0.15) is 0 Å². The van der Waals surface area contributed by atoms with E-state index in [9.17, 15) is 54.0 Å². The van der Waals surface area contributed by atoms with Crippen molar-refractivity contribution >= 4 is 41.8 Å². The first-order valence-electron chi connectivity index (χ1n) is 14.4. The number of aliphatic hydroxyl groups excluding tert-OH is 1. The molecule has 0 saturated carbocycles. The molecule has 0 aliphatic carbocycles. The zero-order chi connectivity index (χ0) is 38.2. The Morgan fingerprint density at radius 3 is 1.22 bits per heavy atom. The van der Waals surface area contributed by atoms with Gasteiger partial charge in [0.15, 0.2) is 12.6 Å². The van der Waals surface area contributed by atoms with Gasteiger partial charge in [-0.1, -0.05) is 0 Å². The molecule has 2 heterocycles. The molecule has 2 saturated heterocycles. The molecule has 2 aliphatic rings. The Morgan fingerprint density at radius 2 is 0.765 bits per heavy atom. The molecule has 290 valence electrons. The SMILES string of the molecule is O=C(O)COC[C@H]1O[C@@H](O[C@H]2[C@H](O)[C@@H](OCC(=O)O)C(OCC(=O)O)O[C@@H]2COCC(=O)O)[C@H](OCC(=O)O)[C@@H](OCC(=O)O)[C@H]1OCC(=O)O. The average Bonchev–Trinajstić information content (AvgIpc) is 3.01. The van der Waals surface area contributed by atoms with Crippen LogP contribution in [0.5, 0.6) is 0 Å². The third kappa shape index (κ3) is 14.9. The van der Waals surface area contributed by atoms with Crippen LogP contribution in [0.2, 0.25) is 0 Å². The summed E-state index contributed by atoms with van der Waals surface area (Å²) < 4.78 is 53.9. The lowest BCUT2D eigenvalue weighted by molar-refractivity contribution is -0.369. The maximum absolute atomic E-state index is 11.5. The van der Waals surface area contributed by atoms with Crippen LogP contribution in [0.15, 0.2) is 0 Å². The van der Waals surface area contributed by atoms with E-state index in [1.54, 1.807) is 0 Å². The minimum Gasteiger partial charge on any atom is -0.480 e. The van der Waals surface area contributed by atoms with Crippen molar-refractivity contribution in [3.8, 4) is 0 Å². The summed E-state index contributed by atoms with van der Waals surface area (Å²) >= 11 is 0. The zero-order valence-corrected chi connectivity index (χ0v) is 26.2. The average molecular weight is 749 g/mol. The summed E-state index contributed by atoms with van der Waals surface area (Å²) in [6, 6.07) is 0. The molecule has 1 unspecified atom stereocenters. The van der Waals surface area contributed by atoms with E-state index >= 15 is 0 Å². The van der Waals surface area contributed by atoms with Crippen LogP contribution in [0.25, 0.3) is 0 Å². The molecule has 0 spiro atoms. The van der Waals surface area contributed by atoms with E-state index in [4.69, 9.17) is 67.8 Å². The molecule has 8 N–H and O–H groups in total. The Bertz CT molecular complexity index is 1210. The van der Waals surface area contributed by atoms with Crippen molar-refractivity contribution in [1.82, 2.24) is 0 Å². The van der Waals surface area contributed by atoms with Gasteiger partial charge in [-0.25, -0.2) is 33.6 Å². The van der Waals surface area contributed by atoms with E-state index in [2.05, 4.69) is 0 Å². The third-order valence-corrected chi connectivity index (χ3v) is 6.48. The summed E-state index contributed by atoms with van der Waals surface area (Å²) in [5.74, 6) is -10.7. The minimum atomic E-state index is -2.08. The van der Waals surface area contributed by atoms with Gasteiger partial charge in [-0.3, -0.25) is 0 Å². The maximum atomic E-state index is 11.5. The monoisotopic (exact) mass is 748 g/mol. The van der Waals surface area contributed by atoms with Gasteiger partial charge in [0.25, 0.3) is 0 Å². The fourth-order valence-electron chi connectivity index (χ4n) is 4.70. The van der Waals surface area contributed by atoms with Crippen LogP contribution in [0.4, 0.5) is 0 Å². The molecule has 25 nitrogen and oxygen atoms in total. The second-order valence-electron chi connectivity index (χ2n) is 10.4. The predicted molar refractivity (Wildman–Crippen MR) is 148 cm³/mol. The lowest BCUT2D eigenvalue weighted by atomic mass is 9.96. The van der Waals surface area contributed by atoms with Gasteiger partial charge in [-0.2, -0.15) is 0 Å². The summed E-state index contributed by atoms with van der Waals surface area (Å²) in [7, 11) is 0. The van der Waals surface area contributed by atoms with Gasteiger partial charge in [-0.15, -0.1) is 0 Å². The molecule has 0 aromatic rings. The number of ether oxygens (including phenoxy) is 10. The highest BCUT2D eigenvalue weighted by molar-refractivity contribution is 5.70. The third-order valence-electron chi connectivity index (χ3n) is 6.48. The molecule has 25 heteroatoms. The summed E-state index contributed by atoms with van der Waals surface area (Å²) in [6.07, 6.45) is -18.3. The van der Waals surface area contributed by atoms with Crippen LogP contribution >= 0.6 is 0 Å². The van der Waals surface area contributed by atoms with Crippen molar-refractivity contribution in [2.75, 3.05) is 59.5 Å². The number of carboxylic acid groups (broad SMARTS) is 7. The Hall–Kier alpha value is -4.15. The first-order valence-corrected chi connectivity index (χ1v) is 14.4. The minimum absolute atomic E-state index is 0.737. The molecule has 0 aromatic heterocycles. The van der Waals surface area contributed by atoms with E-state index in [0.717, 1.165) is 0 Å². The van der Waals surface area contributed by atoms with Crippen LogP contribution < -0.4 is 0 Å². The van der Waals surface area contributed by atoms with Crippen molar-refractivity contribution in [2.24, 2.45) is 0 Å². The summed E-state index contributed by atoms with van der Waals surface area (Å²) in [4.78, 5) is 79.0. The Labute approximate surface area is 284 Å². The Morgan fingerprint density at radius 1 is 0.412 bits per heavy atom. The quantitative estimate of drug-likeness (QED) is 0.0435. The highest BCUT2D eigenvalue weighted by atomic mass is 16.8. The second kappa shape index (κ2) is 21.3. The van der Waals surface area contributed by atoms with E-state index in [-0.39, 0.29) is 0 Å². The smallest absolute Gasteiger partial charge is 0.329 e. The number of hydrogen-bond donors (Lipinski definition) is 8. The van der Waals surface area contributed by atoms with Gasteiger partial charge >= 0.3 is 41.8 Å². The van der Waals surface area contributed by atoms with Gasteiger partial charge < -0.3 is 88.2 Å². The van der Waals surface area contributed by atoms with Gasteiger partial charge in [0.2, 0.25) is 0 Å². The van der Waals surface area contributed by atoms with Crippen molar-refractivity contribution in [3.63, 3.8) is 0 Å². The highest BCUT2D eigenvalue weighted by Gasteiger charge is 2.54. The topological polar surface area (TPSA) is 374 Å². The van der Waals surface area contributed by atoms with E-state index in [1.165, 1.54) is 0 Å². The molecule has 2 fully saturated rings. The largest absolute Gasteiger partial charge is 0.480 e. The number of hydrogen-bond acceptors (Lipinski definition) is 18. The molecule has 10 atom stereocenters.